The lowest BCUT2D eigenvalue weighted by molar-refractivity contribution is 0.660. The molecule has 0 saturated heterocycles. The summed E-state index contributed by atoms with van der Waals surface area (Å²) in [6.07, 6.45) is 0. The Hall–Kier alpha value is -6.20. The Morgan fingerprint density at radius 3 is 1.63 bits per heavy atom. The van der Waals surface area contributed by atoms with Crippen LogP contribution in [0.1, 0.15) is 25.0 Å². The highest BCUT2D eigenvalue weighted by molar-refractivity contribution is 6.71. The molecule has 0 bridgehead atoms. The van der Waals surface area contributed by atoms with Crippen molar-refractivity contribution in [2.45, 2.75) is 19.3 Å². The van der Waals surface area contributed by atoms with Crippen molar-refractivity contribution in [3.8, 4) is 51.0 Å². The Balaban J connectivity index is 1.20. The van der Waals surface area contributed by atoms with Crippen molar-refractivity contribution in [2.75, 3.05) is 0 Å². The van der Waals surface area contributed by atoms with Gasteiger partial charge in [-0.05, 0) is 45.8 Å². The van der Waals surface area contributed by atoms with Crippen LogP contribution in [0.25, 0.3) is 94.7 Å². The van der Waals surface area contributed by atoms with Crippen molar-refractivity contribution in [3.63, 3.8) is 0 Å². The second kappa shape index (κ2) is 13.9. The number of aromatic nitrogens is 4. The molecule has 0 fully saturated rings. The van der Waals surface area contributed by atoms with Crippen molar-refractivity contribution in [1.82, 2.24) is 19.5 Å². The smallest absolute Gasteiger partial charge is 0.164 e. The quantitative estimate of drug-likeness (QED) is 0.239. The predicted octanol–water partition coefficient (Wildman–Crippen LogP) is 0.113. The summed E-state index contributed by atoms with van der Waals surface area (Å²) in [6, 6.07) is 32.4. The Bertz CT molecular complexity index is 3670. The zero-order valence-electron chi connectivity index (χ0n) is 34.2. The number of rotatable bonds is 4. The van der Waals surface area contributed by atoms with Crippen molar-refractivity contribution in [2.24, 2.45) is 0 Å². The molecule has 0 unspecified atom stereocenters. The molecule has 63 heavy (non-hydrogen) atoms. The molecule has 0 aliphatic heterocycles. The maximum atomic E-state index is 6.99. The van der Waals surface area contributed by atoms with E-state index >= 15 is 0 Å². The van der Waals surface area contributed by atoms with Gasteiger partial charge in [0.25, 0.3) is 0 Å². The molecule has 0 atom stereocenters. The third kappa shape index (κ3) is 5.47. The Kier molecular flexibility index (Phi) is 8.74. The molecule has 0 N–H and O–H groups in total. The van der Waals surface area contributed by atoms with E-state index in [1.54, 1.807) is 0 Å². The molecular formula is C48H22B10N4O. The first-order valence-electron chi connectivity index (χ1n) is 20.1. The van der Waals surface area contributed by atoms with E-state index in [0.29, 0.717) is 61.3 Å². The van der Waals surface area contributed by atoms with Gasteiger partial charge in [0.1, 0.15) is 84.0 Å². The zero-order chi connectivity index (χ0) is 44.0. The van der Waals surface area contributed by atoms with E-state index in [-0.39, 0.29) is 71.2 Å². The van der Waals surface area contributed by atoms with Gasteiger partial charge in [-0.15, -0.1) is 21.9 Å². The number of hydrogen-bond acceptors (Lipinski definition) is 4. The third-order valence-corrected chi connectivity index (χ3v) is 12.8. The molecule has 7 aromatic carbocycles. The highest BCUT2D eigenvalue weighted by atomic mass is 16.3. The van der Waals surface area contributed by atoms with Crippen LogP contribution >= 0.6 is 0 Å². The molecule has 15 heteroatoms. The lowest BCUT2D eigenvalue weighted by atomic mass is 9.64. The van der Waals surface area contributed by atoms with Crippen LogP contribution in [0.5, 0.6) is 0 Å². The van der Waals surface area contributed by atoms with Gasteiger partial charge >= 0.3 is 0 Å². The van der Waals surface area contributed by atoms with Gasteiger partial charge in [-0.2, -0.15) is 0 Å². The van der Waals surface area contributed by atoms with Crippen molar-refractivity contribution in [1.29, 1.82) is 0 Å². The normalized spacial score (nSPS) is 13.0. The second-order valence-electron chi connectivity index (χ2n) is 16.6. The summed E-state index contributed by atoms with van der Waals surface area (Å²) in [5.74, 6) is 1.43. The van der Waals surface area contributed by atoms with Gasteiger partial charge in [0.15, 0.2) is 23.1 Å². The minimum absolute atomic E-state index is 0.0735. The Morgan fingerprint density at radius 2 is 0.921 bits per heavy atom. The largest absolute Gasteiger partial charge is 0.455 e. The maximum Gasteiger partial charge on any atom is 0.164 e. The summed E-state index contributed by atoms with van der Waals surface area (Å²) in [5, 5.41) is 1.57. The number of benzene rings is 7. The van der Waals surface area contributed by atoms with E-state index < -0.39 is 0 Å². The van der Waals surface area contributed by atoms with E-state index in [4.69, 9.17) is 97.8 Å². The minimum Gasteiger partial charge on any atom is -0.455 e. The molecule has 0 saturated carbocycles. The van der Waals surface area contributed by atoms with Crippen LogP contribution in [0.2, 0.25) is 0 Å². The summed E-state index contributed by atoms with van der Waals surface area (Å²) < 4.78 is 8.47. The van der Waals surface area contributed by atoms with Gasteiger partial charge in [0, 0.05) is 49.5 Å². The van der Waals surface area contributed by atoms with Crippen molar-refractivity contribution >= 4 is 177 Å². The molecule has 5 nitrogen and oxygen atoms in total. The van der Waals surface area contributed by atoms with E-state index in [1.165, 1.54) is 22.3 Å². The molecular weight excluding hydrogens is 757 g/mol. The van der Waals surface area contributed by atoms with E-state index in [1.807, 2.05) is 59.2 Å². The fourth-order valence-corrected chi connectivity index (χ4v) is 9.47. The third-order valence-electron chi connectivity index (χ3n) is 12.8. The first-order chi connectivity index (χ1) is 30.2. The summed E-state index contributed by atoms with van der Waals surface area (Å²) in [5.41, 5.74) is 10.1. The SMILES string of the molecule is [B]c1c([B])c([B])c2c(oc3c2c([B])c([B])c2c4c([B])c([B])c([B])c([B])c4n(-c4cccc(-c5nc(-c6ccccc6)nc(-c6ccc7c(c6)C(C)(C)c6ccccc6-7)n5)c4)c32)c1[B]. The van der Waals surface area contributed by atoms with E-state index in [9.17, 15) is 0 Å². The average molecular weight is 779 g/mol. The van der Waals surface area contributed by atoms with Gasteiger partial charge in [0.05, 0.1) is 5.52 Å². The molecule has 3 aromatic heterocycles. The monoisotopic (exact) mass is 780 g/mol. The standard InChI is InChI=1S/C48H22B10N4O/c1-48(2)25-14-7-6-13-23(25)24-16-15-21(18-26(24)48)47-60-45(19-9-4-3-5-10-19)59-46(61-47)20-11-8-12-22(17-20)62-41-27(32(50)35(53)37(55)39(41)57)28-31(49)33(51)30-29-34(52)36(54)38(56)40(58)43(29)63-44(30)42(28)62/h3-18H,1-2H3. The topological polar surface area (TPSA) is 56.7 Å². The first kappa shape index (κ1) is 39.6. The molecule has 0 amide bonds. The lowest BCUT2D eigenvalue weighted by Gasteiger charge is -2.21. The van der Waals surface area contributed by atoms with Gasteiger partial charge in [-0.3, -0.25) is 0 Å². The maximum absolute atomic E-state index is 6.99. The van der Waals surface area contributed by atoms with Gasteiger partial charge in [-0.25, -0.2) is 15.0 Å². The fourth-order valence-electron chi connectivity index (χ4n) is 9.47. The molecule has 270 valence electrons. The van der Waals surface area contributed by atoms with Gasteiger partial charge in [-0.1, -0.05) is 125 Å². The molecule has 1 aliphatic carbocycles. The Labute approximate surface area is 377 Å². The number of furan rings is 1. The van der Waals surface area contributed by atoms with Crippen molar-refractivity contribution < 1.29 is 4.42 Å². The minimum atomic E-state index is -0.230. The van der Waals surface area contributed by atoms with Crippen LogP contribution in [0.15, 0.2) is 101 Å². The number of hydrogen-bond donors (Lipinski definition) is 0. The molecule has 0 spiro atoms. The van der Waals surface area contributed by atoms with Crippen LogP contribution < -0.4 is 54.6 Å². The van der Waals surface area contributed by atoms with Crippen molar-refractivity contribution in [3.05, 3.63) is 108 Å². The van der Waals surface area contributed by atoms with Crippen LogP contribution in [0.3, 0.4) is 0 Å². The molecule has 20 radical (unpaired) electrons. The van der Waals surface area contributed by atoms with E-state index in [2.05, 4.69) is 56.3 Å². The highest BCUT2D eigenvalue weighted by Gasteiger charge is 2.35. The van der Waals surface area contributed by atoms with Crippen LogP contribution in [0.4, 0.5) is 0 Å². The van der Waals surface area contributed by atoms with Gasteiger partial charge in [0.2, 0.25) is 0 Å². The summed E-state index contributed by atoms with van der Waals surface area (Å²) >= 11 is 0. The Morgan fingerprint density at radius 1 is 0.413 bits per heavy atom. The summed E-state index contributed by atoms with van der Waals surface area (Å²) in [4.78, 5) is 15.3. The summed E-state index contributed by atoms with van der Waals surface area (Å²) in [6.45, 7) is 4.49. The lowest BCUT2D eigenvalue weighted by Crippen LogP contribution is -2.48. The molecule has 10 aromatic rings. The van der Waals surface area contributed by atoms with E-state index in [0.717, 1.165) is 11.1 Å². The molecule has 1 aliphatic rings. The van der Waals surface area contributed by atoms with Crippen LogP contribution in [-0.4, -0.2) is 98.0 Å². The van der Waals surface area contributed by atoms with Crippen LogP contribution in [0, 0.1) is 0 Å². The number of nitrogens with zero attached hydrogens (tertiary/aromatic N) is 4. The highest BCUT2D eigenvalue weighted by Crippen LogP contribution is 2.49. The molecule has 3 heterocycles. The number of fused-ring (bicyclic) bond motifs is 10. The fraction of sp³-hybridized carbons (Fsp3) is 0.0625. The van der Waals surface area contributed by atoms with Gasteiger partial charge < -0.3 is 8.98 Å². The average Bonchev–Trinajstić information content (AvgIpc) is 3.95. The first-order valence-corrected chi connectivity index (χ1v) is 20.1. The second-order valence-corrected chi connectivity index (χ2v) is 16.6. The molecule has 11 rings (SSSR count). The summed E-state index contributed by atoms with van der Waals surface area (Å²) in [7, 11) is 66.4. The predicted molar refractivity (Wildman–Crippen MR) is 269 cm³/mol. The van der Waals surface area contributed by atoms with Crippen LogP contribution in [-0.2, 0) is 5.41 Å². The zero-order valence-corrected chi connectivity index (χ0v) is 34.2.